The number of aromatic nitrogens is 5. The summed E-state index contributed by atoms with van der Waals surface area (Å²) in [6, 6.07) is 42.5. The first kappa shape index (κ1) is 28.2. The van der Waals surface area contributed by atoms with Crippen LogP contribution in [0.3, 0.4) is 0 Å². The van der Waals surface area contributed by atoms with E-state index in [0.29, 0.717) is 11.5 Å². The van der Waals surface area contributed by atoms with Crippen LogP contribution >= 0.6 is 0 Å². The largest absolute Gasteiger partial charge is 2.00 e. The van der Waals surface area contributed by atoms with E-state index >= 15 is 0 Å². The van der Waals surface area contributed by atoms with E-state index in [1.165, 1.54) is 10.9 Å². The van der Waals surface area contributed by atoms with Crippen molar-refractivity contribution in [1.82, 2.24) is 24.1 Å². The molecule has 0 saturated heterocycles. The molecule has 0 unspecified atom stereocenters. The Balaban J connectivity index is 0.00000312. The minimum atomic E-state index is 0. The van der Waals surface area contributed by atoms with E-state index in [1.54, 1.807) is 6.33 Å². The molecule has 7 heteroatoms. The van der Waals surface area contributed by atoms with Gasteiger partial charge in [0, 0.05) is 28.7 Å². The average molecular weight is 775 g/mol. The summed E-state index contributed by atoms with van der Waals surface area (Å²) in [7, 11) is 0. The summed E-state index contributed by atoms with van der Waals surface area (Å²) >= 11 is 0. The van der Waals surface area contributed by atoms with E-state index in [0.717, 1.165) is 66.3 Å². The fourth-order valence-corrected chi connectivity index (χ4v) is 6.61. The Morgan fingerprint density at radius 2 is 1.50 bits per heavy atom. The van der Waals surface area contributed by atoms with Gasteiger partial charge in [0.05, 0.1) is 5.65 Å². The predicted octanol–water partition coefficient (Wildman–Crippen LogP) is 9.20. The van der Waals surface area contributed by atoms with Gasteiger partial charge in [0.2, 0.25) is 0 Å². The SMILES string of the molecule is Cc1ccccc1-c1cc2c([c-]c1Oc1[c-]c3c(cc1)c1c(C)cccc1n3-c1ccccn1)c1nncn1c1ccccc21.[Pt+2]. The number of fused-ring (bicyclic) bond motifs is 9. The van der Waals surface area contributed by atoms with Gasteiger partial charge in [0.15, 0.2) is 0 Å². The zero-order valence-electron chi connectivity index (χ0n) is 24.9. The molecule has 5 aromatic carbocycles. The molecular formula is C39H25N5OPt. The van der Waals surface area contributed by atoms with Crippen molar-refractivity contribution in [2.45, 2.75) is 13.8 Å². The molecule has 0 radical (unpaired) electrons. The Morgan fingerprint density at radius 3 is 2.37 bits per heavy atom. The van der Waals surface area contributed by atoms with E-state index in [-0.39, 0.29) is 21.1 Å². The summed E-state index contributed by atoms with van der Waals surface area (Å²) in [5.41, 5.74) is 8.13. The molecule has 0 N–H and O–H groups in total. The molecule has 222 valence electrons. The number of rotatable bonds is 4. The summed E-state index contributed by atoms with van der Waals surface area (Å²) in [6.45, 7) is 4.26. The molecule has 0 bridgehead atoms. The van der Waals surface area contributed by atoms with Crippen LogP contribution in [0, 0.1) is 26.0 Å². The molecule has 0 spiro atoms. The van der Waals surface area contributed by atoms with Gasteiger partial charge in [-0.15, -0.1) is 28.7 Å². The van der Waals surface area contributed by atoms with Crippen LogP contribution in [0.2, 0.25) is 0 Å². The van der Waals surface area contributed by atoms with Crippen molar-refractivity contribution >= 4 is 49.1 Å². The smallest absolute Gasteiger partial charge is 0.502 e. The Bertz CT molecular complexity index is 2600. The molecule has 9 aromatic rings. The molecule has 46 heavy (non-hydrogen) atoms. The van der Waals surface area contributed by atoms with E-state index in [4.69, 9.17) is 9.72 Å². The van der Waals surface area contributed by atoms with Gasteiger partial charge in [-0.1, -0.05) is 105 Å². The van der Waals surface area contributed by atoms with Gasteiger partial charge in [-0.2, -0.15) is 11.2 Å². The molecule has 0 aliphatic heterocycles. The quantitative estimate of drug-likeness (QED) is 0.132. The van der Waals surface area contributed by atoms with Gasteiger partial charge in [-0.3, -0.25) is 0 Å². The molecule has 0 aliphatic carbocycles. The second kappa shape index (κ2) is 10.9. The van der Waals surface area contributed by atoms with Gasteiger partial charge in [-0.25, -0.2) is 4.98 Å². The summed E-state index contributed by atoms with van der Waals surface area (Å²) in [5.74, 6) is 2.02. The number of aryl methyl sites for hydroxylation is 2. The summed E-state index contributed by atoms with van der Waals surface area (Å²) < 4.78 is 11.0. The Hall–Kier alpha value is -5.32. The van der Waals surface area contributed by atoms with Crippen molar-refractivity contribution in [1.29, 1.82) is 0 Å². The first-order chi connectivity index (χ1) is 22.2. The molecule has 0 aliphatic rings. The van der Waals surface area contributed by atoms with E-state index < -0.39 is 0 Å². The molecular weight excluding hydrogens is 750 g/mol. The van der Waals surface area contributed by atoms with Crippen LogP contribution in [0.4, 0.5) is 0 Å². The van der Waals surface area contributed by atoms with Crippen LogP contribution in [-0.2, 0) is 21.1 Å². The normalized spacial score (nSPS) is 11.5. The van der Waals surface area contributed by atoms with Gasteiger partial charge < -0.3 is 13.7 Å². The summed E-state index contributed by atoms with van der Waals surface area (Å²) in [6.07, 6.45) is 3.57. The molecule has 0 fully saturated rings. The van der Waals surface area contributed by atoms with Crippen LogP contribution < -0.4 is 4.74 Å². The van der Waals surface area contributed by atoms with Crippen molar-refractivity contribution in [3.05, 3.63) is 139 Å². The van der Waals surface area contributed by atoms with Crippen LogP contribution in [0.25, 0.3) is 66.1 Å². The second-order valence-corrected chi connectivity index (χ2v) is 11.3. The van der Waals surface area contributed by atoms with Crippen LogP contribution in [0.1, 0.15) is 11.1 Å². The number of hydrogen-bond donors (Lipinski definition) is 0. The van der Waals surface area contributed by atoms with Gasteiger partial charge in [0.1, 0.15) is 12.1 Å². The Labute approximate surface area is 279 Å². The number of nitrogens with zero attached hydrogens (tertiary/aromatic N) is 5. The first-order valence-corrected chi connectivity index (χ1v) is 14.9. The zero-order chi connectivity index (χ0) is 30.1. The first-order valence-electron chi connectivity index (χ1n) is 14.9. The maximum absolute atomic E-state index is 6.79. The van der Waals surface area contributed by atoms with E-state index in [2.05, 4.69) is 114 Å². The fraction of sp³-hybridized carbons (Fsp3) is 0.0513. The molecule has 4 heterocycles. The van der Waals surface area contributed by atoms with Gasteiger partial charge in [-0.05, 0) is 48.9 Å². The maximum Gasteiger partial charge on any atom is 2.00 e. The number of pyridine rings is 2. The third-order valence-electron chi connectivity index (χ3n) is 8.67. The van der Waals surface area contributed by atoms with E-state index in [9.17, 15) is 0 Å². The monoisotopic (exact) mass is 774 g/mol. The van der Waals surface area contributed by atoms with Gasteiger partial charge in [0.25, 0.3) is 0 Å². The molecule has 0 saturated carbocycles. The standard InChI is InChI=1S/C39H25N5O.Pt/c1-24-10-3-4-12-27(24)31-21-30-28-13-5-6-14-33(28)43-23-41-42-39(43)32(30)22-36(31)45-26-17-18-29-35(20-26)44(37-16-7-8-19-40-37)34-15-9-11-25(2)38(29)34;/h3-19,21,23H,1-2H3;/q-2;+2. The third-order valence-corrected chi connectivity index (χ3v) is 8.67. The number of benzene rings is 5. The molecule has 9 rings (SSSR count). The van der Waals surface area contributed by atoms with Crippen molar-refractivity contribution in [2.24, 2.45) is 0 Å². The van der Waals surface area contributed by atoms with E-state index in [1.807, 2.05) is 40.9 Å². The molecule has 6 nitrogen and oxygen atoms in total. The molecule has 4 aromatic heterocycles. The number of ether oxygens (including phenoxy) is 1. The van der Waals surface area contributed by atoms with Crippen LogP contribution in [-0.4, -0.2) is 24.1 Å². The average Bonchev–Trinajstić information content (AvgIpc) is 3.70. The second-order valence-electron chi connectivity index (χ2n) is 11.3. The summed E-state index contributed by atoms with van der Waals surface area (Å²) in [5, 5.41) is 14.0. The van der Waals surface area contributed by atoms with Crippen molar-refractivity contribution in [3.63, 3.8) is 0 Å². The Morgan fingerprint density at radius 1 is 0.696 bits per heavy atom. The molecule has 0 amide bonds. The minimum Gasteiger partial charge on any atom is -0.502 e. The number of hydrogen-bond acceptors (Lipinski definition) is 4. The van der Waals surface area contributed by atoms with Crippen molar-refractivity contribution in [2.75, 3.05) is 0 Å². The minimum absolute atomic E-state index is 0. The summed E-state index contributed by atoms with van der Waals surface area (Å²) in [4.78, 5) is 4.69. The maximum atomic E-state index is 6.79. The van der Waals surface area contributed by atoms with Crippen LogP contribution in [0.15, 0.2) is 116 Å². The predicted molar refractivity (Wildman–Crippen MR) is 179 cm³/mol. The zero-order valence-corrected chi connectivity index (χ0v) is 27.2. The molecule has 0 atom stereocenters. The topological polar surface area (TPSA) is 57.2 Å². The van der Waals surface area contributed by atoms with Crippen LogP contribution in [0.5, 0.6) is 11.5 Å². The fourth-order valence-electron chi connectivity index (χ4n) is 6.61. The number of para-hydroxylation sites is 1. The Kier molecular flexibility index (Phi) is 6.70. The third kappa shape index (κ3) is 4.25. The van der Waals surface area contributed by atoms with Crippen molar-refractivity contribution in [3.8, 4) is 28.4 Å². The van der Waals surface area contributed by atoms with Gasteiger partial charge >= 0.3 is 21.1 Å². The van der Waals surface area contributed by atoms with Crippen molar-refractivity contribution < 1.29 is 25.8 Å².